The quantitative estimate of drug-likeness (QED) is 0.537. The predicted molar refractivity (Wildman–Crippen MR) is 113 cm³/mol. The summed E-state index contributed by atoms with van der Waals surface area (Å²) in [7, 11) is -1.52. The van der Waals surface area contributed by atoms with Gasteiger partial charge in [0, 0.05) is 0 Å². The minimum Gasteiger partial charge on any atom is -0.423 e. The third kappa shape index (κ3) is 3.43. The fourth-order valence-corrected chi connectivity index (χ4v) is 3.51. The first kappa shape index (κ1) is 17.3. The maximum absolute atomic E-state index is 9.82. The second kappa shape index (κ2) is 7.62. The van der Waals surface area contributed by atoms with Crippen molar-refractivity contribution in [2.75, 3.05) is 0 Å². The fourth-order valence-electron chi connectivity index (χ4n) is 3.51. The van der Waals surface area contributed by atoms with Gasteiger partial charge in [-0.1, -0.05) is 103 Å². The van der Waals surface area contributed by atoms with E-state index in [-0.39, 0.29) is 0 Å². The second-order valence-electron chi connectivity index (χ2n) is 6.42. The van der Waals surface area contributed by atoms with Gasteiger partial charge in [-0.2, -0.15) is 0 Å². The first-order chi connectivity index (χ1) is 13.3. The molecular weight excluding hydrogens is 331 g/mol. The van der Waals surface area contributed by atoms with E-state index in [1.165, 1.54) is 0 Å². The number of hydrogen-bond acceptors (Lipinski definition) is 2. The highest BCUT2D eigenvalue weighted by Crippen LogP contribution is 2.37. The minimum atomic E-state index is -1.52. The Morgan fingerprint density at radius 3 is 1.41 bits per heavy atom. The lowest BCUT2D eigenvalue weighted by Crippen LogP contribution is -2.31. The van der Waals surface area contributed by atoms with Crippen LogP contribution in [0, 0.1) is 0 Å². The van der Waals surface area contributed by atoms with Crippen molar-refractivity contribution in [1.29, 1.82) is 0 Å². The molecule has 130 valence electrons. The number of rotatable bonds is 4. The van der Waals surface area contributed by atoms with Gasteiger partial charge in [-0.15, -0.1) is 0 Å². The van der Waals surface area contributed by atoms with E-state index in [1.807, 2.05) is 66.7 Å². The van der Waals surface area contributed by atoms with Crippen LogP contribution in [0.2, 0.25) is 0 Å². The third-order valence-electron chi connectivity index (χ3n) is 4.76. The van der Waals surface area contributed by atoms with Crippen molar-refractivity contribution in [3.05, 3.63) is 103 Å². The molecule has 0 aliphatic carbocycles. The molecule has 0 aromatic heterocycles. The Morgan fingerprint density at radius 2 is 0.815 bits per heavy atom. The Kier molecular flexibility index (Phi) is 4.88. The SMILES string of the molecule is OB(O)c1ccccc1-c1ccccc1-c1ccccc1-c1ccccc1. The summed E-state index contributed by atoms with van der Waals surface area (Å²) in [5.74, 6) is 0. The van der Waals surface area contributed by atoms with Crippen molar-refractivity contribution in [3.63, 3.8) is 0 Å². The molecule has 0 heterocycles. The normalized spacial score (nSPS) is 10.6. The van der Waals surface area contributed by atoms with Crippen LogP contribution in [0.15, 0.2) is 103 Å². The van der Waals surface area contributed by atoms with Gasteiger partial charge in [0.15, 0.2) is 0 Å². The summed E-state index contributed by atoms with van der Waals surface area (Å²) in [5, 5.41) is 19.6. The molecule has 3 heteroatoms. The van der Waals surface area contributed by atoms with Crippen molar-refractivity contribution in [1.82, 2.24) is 0 Å². The molecule has 4 aromatic rings. The van der Waals surface area contributed by atoms with Crippen molar-refractivity contribution in [2.45, 2.75) is 0 Å². The molecule has 27 heavy (non-hydrogen) atoms. The molecule has 2 N–H and O–H groups in total. The first-order valence-electron chi connectivity index (χ1n) is 8.95. The van der Waals surface area contributed by atoms with Crippen molar-refractivity contribution < 1.29 is 10.0 Å². The molecule has 0 aliphatic heterocycles. The lowest BCUT2D eigenvalue weighted by molar-refractivity contribution is 0.426. The number of hydrogen-bond donors (Lipinski definition) is 2. The second-order valence-corrected chi connectivity index (χ2v) is 6.42. The third-order valence-corrected chi connectivity index (χ3v) is 4.76. The Morgan fingerprint density at radius 1 is 0.407 bits per heavy atom. The van der Waals surface area contributed by atoms with E-state index in [4.69, 9.17) is 0 Å². The van der Waals surface area contributed by atoms with Crippen molar-refractivity contribution >= 4 is 12.6 Å². The number of benzene rings is 4. The van der Waals surface area contributed by atoms with E-state index in [0.717, 1.165) is 33.4 Å². The summed E-state index contributed by atoms with van der Waals surface area (Å²) >= 11 is 0. The highest BCUT2D eigenvalue weighted by atomic mass is 16.4. The van der Waals surface area contributed by atoms with Gasteiger partial charge < -0.3 is 10.0 Å². The van der Waals surface area contributed by atoms with Crippen molar-refractivity contribution in [2.24, 2.45) is 0 Å². The molecule has 4 rings (SSSR count). The van der Waals surface area contributed by atoms with Crippen LogP contribution >= 0.6 is 0 Å². The molecule has 0 aliphatic rings. The van der Waals surface area contributed by atoms with E-state index >= 15 is 0 Å². The zero-order valence-electron chi connectivity index (χ0n) is 14.8. The van der Waals surface area contributed by atoms with E-state index in [0.29, 0.717) is 5.46 Å². The lowest BCUT2D eigenvalue weighted by atomic mass is 9.74. The molecule has 0 atom stereocenters. The zero-order valence-corrected chi connectivity index (χ0v) is 14.8. The maximum Gasteiger partial charge on any atom is 0.489 e. The van der Waals surface area contributed by atoms with E-state index in [1.54, 1.807) is 6.07 Å². The lowest BCUT2D eigenvalue weighted by Gasteiger charge is -2.16. The molecular formula is C24H19BO2. The van der Waals surface area contributed by atoms with Gasteiger partial charge in [-0.25, -0.2) is 0 Å². The summed E-state index contributed by atoms with van der Waals surface area (Å²) in [6, 6.07) is 34.1. The summed E-state index contributed by atoms with van der Waals surface area (Å²) < 4.78 is 0. The van der Waals surface area contributed by atoms with E-state index in [9.17, 15) is 10.0 Å². The summed E-state index contributed by atoms with van der Waals surface area (Å²) in [4.78, 5) is 0. The highest BCUT2D eigenvalue weighted by Gasteiger charge is 2.19. The average molecular weight is 350 g/mol. The summed E-state index contributed by atoms with van der Waals surface area (Å²) in [6.45, 7) is 0. The molecule has 0 spiro atoms. The van der Waals surface area contributed by atoms with Gasteiger partial charge in [-0.05, 0) is 38.8 Å². The van der Waals surface area contributed by atoms with Crippen LogP contribution in [0.5, 0.6) is 0 Å². The zero-order chi connectivity index (χ0) is 18.6. The largest absolute Gasteiger partial charge is 0.489 e. The molecule has 0 saturated heterocycles. The van der Waals surface area contributed by atoms with E-state index < -0.39 is 7.12 Å². The summed E-state index contributed by atoms with van der Waals surface area (Å²) in [5.41, 5.74) is 6.77. The molecule has 0 fully saturated rings. The van der Waals surface area contributed by atoms with Crippen LogP contribution < -0.4 is 5.46 Å². The van der Waals surface area contributed by atoms with Crippen LogP contribution in [0.25, 0.3) is 33.4 Å². The molecule has 0 bridgehead atoms. The fraction of sp³-hybridized carbons (Fsp3) is 0. The molecule has 0 saturated carbocycles. The van der Waals surface area contributed by atoms with Crippen LogP contribution in [0.3, 0.4) is 0 Å². The van der Waals surface area contributed by atoms with Gasteiger partial charge in [0.2, 0.25) is 0 Å². The van der Waals surface area contributed by atoms with Crippen molar-refractivity contribution in [3.8, 4) is 33.4 Å². The van der Waals surface area contributed by atoms with Crippen LogP contribution in [0.1, 0.15) is 0 Å². The van der Waals surface area contributed by atoms with Gasteiger partial charge in [0.25, 0.3) is 0 Å². The van der Waals surface area contributed by atoms with Crippen LogP contribution in [0.4, 0.5) is 0 Å². The smallest absolute Gasteiger partial charge is 0.423 e. The van der Waals surface area contributed by atoms with Crippen LogP contribution in [-0.4, -0.2) is 17.2 Å². The van der Waals surface area contributed by atoms with Gasteiger partial charge in [-0.3, -0.25) is 0 Å². The average Bonchev–Trinajstić information content (AvgIpc) is 2.74. The Balaban J connectivity index is 1.95. The Hall–Kier alpha value is -3.14. The highest BCUT2D eigenvalue weighted by molar-refractivity contribution is 6.60. The Labute approximate surface area is 159 Å². The molecule has 4 aromatic carbocycles. The first-order valence-corrected chi connectivity index (χ1v) is 8.95. The monoisotopic (exact) mass is 350 g/mol. The minimum absolute atomic E-state index is 0.502. The van der Waals surface area contributed by atoms with Gasteiger partial charge in [0.1, 0.15) is 0 Å². The molecule has 0 radical (unpaired) electrons. The van der Waals surface area contributed by atoms with Gasteiger partial charge in [0.05, 0.1) is 0 Å². The maximum atomic E-state index is 9.82. The van der Waals surface area contributed by atoms with Crippen LogP contribution in [-0.2, 0) is 0 Å². The topological polar surface area (TPSA) is 40.5 Å². The molecule has 2 nitrogen and oxygen atoms in total. The van der Waals surface area contributed by atoms with Gasteiger partial charge >= 0.3 is 7.12 Å². The Bertz CT molecular complexity index is 1060. The molecule has 0 amide bonds. The standard InChI is InChI=1S/C24H19BO2/c26-25(27)24-17-9-8-16-23(24)22-15-7-6-14-21(22)20-13-5-4-12-19(20)18-10-2-1-3-11-18/h1-17,26-27H. The van der Waals surface area contributed by atoms with E-state index in [2.05, 4.69) is 30.3 Å². The molecule has 0 unspecified atom stereocenters. The summed E-state index contributed by atoms with van der Waals surface area (Å²) in [6.07, 6.45) is 0. The predicted octanol–water partition coefficient (Wildman–Crippen LogP) is 4.37.